The van der Waals surface area contributed by atoms with Gasteiger partial charge in [-0.1, -0.05) is 42.5 Å². The van der Waals surface area contributed by atoms with E-state index in [2.05, 4.69) is 5.10 Å². The Balaban J connectivity index is 1.82. The van der Waals surface area contributed by atoms with Gasteiger partial charge in [0.25, 0.3) is 0 Å². The van der Waals surface area contributed by atoms with Crippen LogP contribution >= 0.6 is 0 Å². The van der Waals surface area contributed by atoms with E-state index < -0.39 is 0 Å². The van der Waals surface area contributed by atoms with Crippen molar-refractivity contribution in [3.8, 4) is 0 Å². The highest BCUT2D eigenvalue weighted by Crippen LogP contribution is 2.32. The molecule has 2 aliphatic heterocycles. The van der Waals surface area contributed by atoms with Crippen LogP contribution in [0.25, 0.3) is 0 Å². The Morgan fingerprint density at radius 1 is 0.952 bits per heavy atom. The molecule has 0 saturated heterocycles. The van der Waals surface area contributed by atoms with Gasteiger partial charge < -0.3 is 0 Å². The van der Waals surface area contributed by atoms with Crippen molar-refractivity contribution >= 4 is 6.21 Å². The quantitative estimate of drug-likeness (QED) is 0.612. The fourth-order valence-corrected chi connectivity index (χ4v) is 3.02. The third-order valence-corrected chi connectivity index (χ3v) is 4.05. The molecule has 5 rings (SSSR count). The first-order valence-corrected chi connectivity index (χ1v) is 6.99. The van der Waals surface area contributed by atoms with Gasteiger partial charge in [-0.05, 0) is 18.4 Å². The lowest BCUT2D eigenvalue weighted by Crippen LogP contribution is -2.39. The van der Waals surface area contributed by atoms with Crippen molar-refractivity contribution in [2.75, 3.05) is 0 Å². The minimum absolute atomic E-state index is 0.0247. The van der Waals surface area contributed by atoms with E-state index in [-0.39, 0.29) is 23.5 Å². The summed E-state index contributed by atoms with van der Waals surface area (Å²) in [5, 5.41) is 4.07. The van der Waals surface area contributed by atoms with Gasteiger partial charge in [-0.3, -0.25) is 0 Å². The molecule has 2 aromatic rings. The molecule has 0 radical (unpaired) electrons. The minimum atomic E-state index is -0.369. The fraction of sp³-hybridized carbons (Fsp3) is 0.267. The van der Waals surface area contributed by atoms with Gasteiger partial charge >= 0.3 is 11.4 Å². The van der Waals surface area contributed by atoms with Gasteiger partial charge in [-0.2, -0.15) is 5.10 Å². The summed E-state index contributed by atoms with van der Waals surface area (Å²) in [5.41, 5.74) is 0.108. The Morgan fingerprint density at radius 3 is 2.05 bits per heavy atom. The molecule has 1 aromatic carbocycles. The molecule has 0 amide bonds. The predicted octanol–water partition coefficient (Wildman–Crippen LogP) is 1.14. The summed E-state index contributed by atoms with van der Waals surface area (Å²) >= 11 is 0. The molecule has 1 aromatic heterocycles. The molecule has 0 saturated carbocycles. The van der Waals surface area contributed by atoms with Crippen molar-refractivity contribution in [3.63, 3.8) is 0 Å². The maximum atomic E-state index is 12.4. The number of hydrogen-bond donors (Lipinski definition) is 0. The summed E-state index contributed by atoms with van der Waals surface area (Å²) in [5.74, 6) is 0. The van der Waals surface area contributed by atoms with Gasteiger partial charge in [0.15, 0.2) is 0 Å². The lowest BCUT2D eigenvalue weighted by molar-refractivity contribution is 0.257. The van der Waals surface area contributed by atoms with Gasteiger partial charge in [0.2, 0.25) is 0 Å². The number of benzene rings is 1. The summed E-state index contributed by atoms with van der Waals surface area (Å²) in [6.45, 7) is 0. The number of hydrogen-bond acceptors (Lipinski definition) is 3. The van der Waals surface area contributed by atoms with Gasteiger partial charge in [0.1, 0.15) is 0 Å². The summed E-state index contributed by atoms with van der Waals surface area (Å²) < 4.78 is 4.00. The highest BCUT2D eigenvalue weighted by molar-refractivity contribution is 5.79. The van der Waals surface area contributed by atoms with Crippen LogP contribution in [0.5, 0.6) is 0 Å². The standard InChI is InChI=1S/C15H14N4O2/c20-14-17(16-10-11-4-2-1-3-5-11)15(21)19-13-7-6-12(8-9-13)18(14)19/h1-7,10,12-13H,8-9H2/b16-10+. The SMILES string of the molecule is O=c1n(/N=C/c2ccccc2)c(=O)n2n1C1C=CC2CC1. The zero-order chi connectivity index (χ0) is 14.4. The van der Waals surface area contributed by atoms with E-state index in [1.54, 1.807) is 0 Å². The van der Waals surface area contributed by atoms with Crippen LogP contribution in [0.1, 0.15) is 30.5 Å². The second kappa shape index (κ2) is 4.44. The number of aromatic nitrogens is 3. The zero-order valence-corrected chi connectivity index (χ0v) is 11.3. The summed E-state index contributed by atoms with van der Waals surface area (Å²) in [6, 6.07) is 9.35. The summed E-state index contributed by atoms with van der Waals surface area (Å²) in [6.07, 6.45) is 7.32. The maximum absolute atomic E-state index is 12.4. The lowest BCUT2D eigenvalue weighted by Gasteiger charge is -2.32. The van der Waals surface area contributed by atoms with Crippen LogP contribution in [0.2, 0.25) is 0 Å². The molecule has 21 heavy (non-hydrogen) atoms. The molecule has 3 heterocycles. The topological polar surface area (TPSA) is 61.3 Å². The highest BCUT2D eigenvalue weighted by atomic mass is 16.2. The van der Waals surface area contributed by atoms with E-state index in [0.717, 1.165) is 23.1 Å². The smallest absolute Gasteiger partial charge is 0.244 e. The second-order valence-corrected chi connectivity index (χ2v) is 5.32. The first-order valence-electron chi connectivity index (χ1n) is 6.99. The van der Waals surface area contributed by atoms with Crippen LogP contribution < -0.4 is 11.4 Å². The van der Waals surface area contributed by atoms with Crippen LogP contribution in [0.3, 0.4) is 0 Å². The van der Waals surface area contributed by atoms with E-state index in [0.29, 0.717) is 0 Å². The molecule has 2 bridgehead atoms. The monoisotopic (exact) mass is 282 g/mol. The fourth-order valence-electron chi connectivity index (χ4n) is 3.02. The van der Waals surface area contributed by atoms with Crippen LogP contribution in [0, 0.1) is 0 Å². The number of allylic oxidation sites excluding steroid dienone is 2. The highest BCUT2D eigenvalue weighted by Gasteiger charge is 2.33. The third kappa shape index (κ3) is 1.75. The zero-order valence-electron chi connectivity index (χ0n) is 11.3. The minimum Gasteiger partial charge on any atom is -0.244 e. The van der Waals surface area contributed by atoms with Gasteiger partial charge in [-0.25, -0.2) is 19.0 Å². The molecular weight excluding hydrogens is 268 g/mol. The molecule has 6 heteroatoms. The number of rotatable bonds is 2. The van der Waals surface area contributed by atoms with E-state index in [4.69, 9.17) is 0 Å². The molecule has 2 unspecified atom stereocenters. The molecule has 1 aliphatic carbocycles. The first-order chi connectivity index (χ1) is 10.3. The van der Waals surface area contributed by atoms with Crippen LogP contribution in [-0.4, -0.2) is 20.3 Å². The number of fused-ring (bicyclic) bond motifs is 1. The van der Waals surface area contributed by atoms with Crippen molar-refractivity contribution in [1.82, 2.24) is 14.0 Å². The summed E-state index contributed by atoms with van der Waals surface area (Å²) in [4.78, 5) is 24.8. The Morgan fingerprint density at radius 2 is 1.52 bits per heavy atom. The van der Waals surface area contributed by atoms with E-state index in [9.17, 15) is 9.59 Å². The Kier molecular flexibility index (Phi) is 2.57. The van der Waals surface area contributed by atoms with Crippen molar-refractivity contribution in [1.29, 1.82) is 0 Å². The Hall–Kier alpha value is -2.63. The maximum Gasteiger partial charge on any atom is 0.368 e. The average molecular weight is 282 g/mol. The molecule has 0 spiro atoms. The normalized spacial score (nSPS) is 22.9. The van der Waals surface area contributed by atoms with E-state index >= 15 is 0 Å². The van der Waals surface area contributed by atoms with E-state index in [1.165, 1.54) is 15.6 Å². The van der Waals surface area contributed by atoms with Crippen LogP contribution in [0.4, 0.5) is 0 Å². The summed E-state index contributed by atoms with van der Waals surface area (Å²) in [7, 11) is 0. The largest absolute Gasteiger partial charge is 0.368 e. The van der Waals surface area contributed by atoms with Gasteiger partial charge in [0, 0.05) is 0 Å². The molecule has 0 N–H and O–H groups in total. The van der Waals surface area contributed by atoms with Crippen molar-refractivity contribution in [2.45, 2.75) is 24.9 Å². The molecule has 2 atom stereocenters. The molecule has 106 valence electrons. The first kappa shape index (κ1) is 12.1. The Labute approximate surface area is 120 Å². The molecule has 6 nitrogen and oxygen atoms in total. The van der Waals surface area contributed by atoms with Crippen LogP contribution in [0.15, 0.2) is 57.2 Å². The second-order valence-electron chi connectivity index (χ2n) is 5.32. The van der Waals surface area contributed by atoms with Crippen molar-refractivity contribution in [3.05, 3.63) is 69.0 Å². The van der Waals surface area contributed by atoms with Crippen molar-refractivity contribution < 1.29 is 0 Å². The third-order valence-electron chi connectivity index (χ3n) is 4.05. The van der Waals surface area contributed by atoms with E-state index in [1.807, 2.05) is 42.5 Å². The molecule has 3 aliphatic rings. The molecular formula is C15H14N4O2. The predicted molar refractivity (Wildman–Crippen MR) is 78.8 cm³/mol. The van der Waals surface area contributed by atoms with Gasteiger partial charge in [0.05, 0.1) is 18.3 Å². The number of nitrogens with zero attached hydrogens (tertiary/aromatic N) is 4. The van der Waals surface area contributed by atoms with Crippen LogP contribution in [-0.2, 0) is 0 Å². The lowest BCUT2D eigenvalue weighted by atomic mass is 9.96. The molecule has 0 fully saturated rings. The van der Waals surface area contributed by atoms with Gasteiger partial charge in [-0.15, -0.1) is 4.68 Å². The Bertz CT molecular complexity index is 809. The average Bonchev–Trinajstić information content (AvgIpc) is 2.81. The van der Waals surface area contributed by atoms with Crippen molar-refractivity contribution in [2.24, 2.45) is 5.10 Å².